The highest BCUT2D eigenvalue weighted by Gasteiger charge is 2.24. The lowest BCUT2D eigenvalue weighted by molar-refractivity contribution is -0.627. The van der Waals surface area contributed by atoms with Crippen LogP contribution in [0.1, 0.15) is 70.2 Å². The van der Waals surface area contributed by atoms with E-state index in [1.54, 1.807) is 0 Å². The van der Waals surface area contributed by atoms with Gasteiger partial charge in [-0.25, -0.2) is 0 Å². The Hall–Kier alpha value is -6.04. The molecule has 0 aliphatic carbocycles. The molecule has 12 heteroatoms. The largest absolute Gasteiger partial charge is 1.00 e. The molecule has 12 rings (SSSR count). The highest BCUT2D eigenvalue weighted by atomic mass is 35.5. The molecule has 4 heterocycles. The van der Waals surface area contributed by atoms with E-state index < -0.39 is 0 Å². The van der Waals surface area contributed by atoms with Gasteiger partial charge in [-0.3, -0.25) is 0 Å². The van der Waals surface area contributed by atoms with Gasteiger partial charge < -0.3 is 90.5 Å². The molecule has 8 N–H and O–H groups in total. The van der Waals surface area contributed by atoms with Crippen LogP contribution in [-0.4, -0.2) is 80.5 Å². The molecule has 0 unspecified atom stereocenters. The minimum absolute atomic E-state index is 0. The van der Waals surface area contributed by atoms with Crippen LogP contribution in [0.3, 0.4) is 0 Å². The molecule has 0 aromatic heterocycles. The Labute approximate surface area is 528 Å². The minimum atomic E-state index is 0. The zero-order chi connectivity index (χ0) is 55.1. The van der Waals surface area contributed by atoms with E-state index in [0.29, 0.717) is 0 Å². The van der Waals surface area contributed by atoms with Gasteiger partial charge in [0.2, 0.25) is 0 Å². The number of fused-ring (bicyclic) bond motifs is 8. The molecule has 0 bridgehead atoms. The third-order valence-corrected chi connectivity index (χ3v) is 16.4. The minimum Gasteiger partial charge on any atom is -1.00 e. The van der Waals surface area contributed by atoms with Gasteiger partial charge >= 0.3 is 0 Å². The zero-order valence-electron chi connectivity index (χ0n) is 50.2. The first-order valence-electron chi connectivity index (χ1n) is 30.4. The number of hydrogen-bond acceptors (Lipinski definition) is 4. The predicted molar refractivity (Wildman–Crippen MR) is 339 cm³/mol. The Morgan fingerprint density at radius 1 is 0.226 bits per heavy atom. The first kappa shape index (κ1) is 68.7. The molecule has 0 amide bonds. The fourth-order valence-electron chi connectivity index (χ4n) is 12.3. The quantitative estimate of drug-likeness (QED) is 0.0850. The van der Waals surface area contributed by atoms with E-state index in [0.717, 1.165) is 77.5 Å². The van der Waals surface area contributed by atoms with E-state index in [1.807, 2.05) is 0 Å². The molecule has 8 nitrogen and oxygen atoms in total. The van der Waals surface area contributed by atoms with Crippen molar-refractivity contribution in [3.63, 3.8) is 0 Å². The molecule has 8 aromatic rings. The number of anilines is 8. The van der Waals surface area contributed by atoms with Gasteiger partial charge in [-0.15, -0.1) is 0 Å². The van der Waals surface area contributed by atoms with Crippen molar-refractivity contribution in [1.29, 1.82) is 0 Å². The van der Waals surface area contributed by atoms with Gasteiger partial charge in [-0.1, -0.05) is 146 Å². The highest BCUT2D eigenvalue weighted by Crippen LogP contribution is 2.39. The number of hydrogen-bond donors (Lipinski definition) is 4. The van der Waals surface area contributed by atoms with Crippen molar-refractivity contribution in [2.75, 3.05) is 100 Å². The van der Waals surface area contributed by atoms with Crippen molar-refractivity contribution in [2.24, 2.45) is 0 Å². The van der Waals surface area contributed by atoms with Crippen molar-refractivity contribution >= 4 is 45.5 Å². The van der Waals surface area contributed by atoms with Gasteiger partial charge in [0.25, 0.3) is 0 Å². The van der Waals surface area contributed by atoms with Crippen LogP contribution < -0.4 is 90.5 Å². The second-order valence-corrected chi connectivity index (χ2v) is 21.8. The summed E-state index contributed by atoms with van der Waals surface area (Å²) in [5.74, 6) is 0. The molecule has 84 heavy (non-hydrogen) atoms. The second kappa shape index (κ2) is 36.7. The maximum Gasteiger partial charge on any atom is 0.0770 e. The molecule has 4 aliphatic rings. The monoisotopic (exact) mass is 1210 g/mol. The van der Waals surface area contributed by atoms with Crippen molar-refractivity contribution in [2.45, 2.75) is 77.0 Å². The van der Waals surface area contributed by atoms with Crippen molar-refractivity contribution < 1.29 is 70.9 Å². The topological polar surface area (TPSA) is 79.4 Å². The first-order chi connectivity index (χ1) is 39.6. The van der Waals surface area contributed by atoms with E-state index in [-0.39, 0.29) is 49.6 Å². The second-order valence-electron chi connectivity index (χ2n) is 21.8. The average molecular weight is 1210 g/mol. The van der Waals surface area contributed by atoms with Gasteiger partial charge in [-0.05, 0) is 144 Å². The predicted octanol–water partition coefficient (Wildman–Crippen LogP) is -1.96. The zero-order valence-corrected chi connectivity index (χ0v) is 53.3. The van der Waals surface area contributed by atoms with E-state index in [4.69, 9.17) is 0 Å². The summed E-state index contributed by atoms with van der Waals surface area (Å²) in [4.78, 5) is 10.1. The Morgan fingerprint density at radius 2 is 0.357 bits per heavy atom. The van der Waals surface area contributed by atoms with E-state index in [1.165, 1.54) is 142 Å². The van der Waals surface area contributed by atoms with Crippen LogP contribution in [0.4, 0.5) is 45.5 Å². The Morgan fingerprint density at radius 3 is 0.488 bits per heavy atom. The van der Waals surface area contributed by atoms with E-state index >= 15 is 0 Å². The number of nitrogens with zero attached hydrogens (tertiary/aromatic N) is 4. The lowest BCUT2D eigenvalue weighted by Gasteiger charge is -2.26. The van der Waals surface area contributed by atoms with Gasteiger partial charge in [0.1, 0.15) is 0 Å². The smallest absolute Gasteiger partial charge is 0.0770 e. The Kier molecular flexibility index (Phi) is 30.1. The molecule has 0 radical (unpaired) electrons. The third-order valence-electron chi connectivity index (χ3n) is 16.4. The Bertz CT molecular complexity index is 2560. The summed E-state index contributed by atoms with van der Waals surface area (Å²) in [6, 6.07) is 70.9. The van der Waals surface area contributed by atoms with Crippen LogP contribution in [-0.2, 0) is 51.4 Å². The highest BCUT2D eigenvalue weighted by molar-refractivity contribution is 5.74. The van der Waals surface area contributed by atoms with Crippen molar-refractivity contribution in [3.05, 3.63) is 239 Å². The van der Waals surface area contributed by atoms with Gasteiger partial charge in [0.05, 0.1) is 54.4 Å². The molecule has 0 saturated heterocycles. The molecule has 4 aliphatic heterocycles. The summed E-state index contributed by atoms with van der Waals surface area (Å²) >= 11 is 0. The maximum absolute atomic E-state index is 2.52. The Balaban J connectivity index is 0.000000202. The van der Waals surface area contributed by atoms with Crippen LogP contribution in [0.25, 0.3) is 0 Å². The van der Waals surface area contributed by atoms with Crippen LogP contribution in [0.5, 0.6) is 0 Å². The van der Waals surface area contributed by atoms with E-state index in [9.17, 15) is 0 Å². The summed E-state index contributed by atoms with van der Waals surface area (Å²) < 4.78 is 0. The fraction of sp³-hybridized carbons (Fsp3) is 0.333. The number of aryl methyl sites for hydroxylation is 8. The van der Waals surface area contributed by atoms with Crippen LogP contribution >= 0.6 is 0 Å². The lowest BCUT2D eigenvalue weighted by Crippen LogP contribution is -3.00. The third kappa shape index (κ3) is 18.0. The molecule has 0 saturated carbocycles. The summed E-state index contributed by atoms with van der Waals surface area (Å²) in [6.07, 6.45) is 14.0. The van der Waals surface area contributed by atoms with Crippen molar-refractivity contribution in [1.82, 2.24) is 0 Å². The number of rotatable bonds is 16. The van der Waals surface area contributed by atoms with Gasteiger partial charge in [0.15, 0.2) is 0 Å². The molecule has 0 atom stereocenters. The van der Waals surface area contributed by atoms with Gasteiger partial charge in [-0.2, -0.15) is 0 Å². The molecular weight excluding hydrogens is 1120 g/mol. The summed E-state index contributed by atoms with van der Waals surface area (Å²) in [5, 5.41) is 9.04. The summed E-state index contributed by atoms with van der Waals surface area (Å²) in [6.45, 7) is 9.11. The molecule has 8 aromatic carbocycles. The standard InChI is InChI=1S/4C18H22N2.4ClH/c4*1-19-13-6-14-20-17-9-4-2-7-15(17)11-12-16-8-3-5-10-18(16)20;;;;/h4*2-5,7-10,19H,6,11-14H2,1H3;4*1H. The van der Waals surface area contributed by atoms with Crippen LogP contribution in [0.15, 0.2) is 194 Å². The van der Waals surface area contributed by atoms with Crippen LogP contribution in [0, 0.1) is 0 Å². The maximum atomic E-state index is 2.52. The number of benzene rings is 8. The van der Waals surface area contributed by atoms with Crippen LogP contribution in [0.2, 0.25) is 0 Å². The average Bonchev–Trinajstić information content (AvgIpc) is 4.19. The molecule has 448 valence electrons. The number of para-hydroxylation sites is 8. The van der Waals surface area contributed by atoms with Crippen molar-refractivity contribution in [3.8, 4) is 0 Å². The lowest BCUT2D eigenvalue weighted by atomic mass is 10.0. The SMILES string of the molecule is C[NH2+]CCCN1c2ccccc2CCc2ccccc21.C[NH2+]CCCN1c2ccccc2CCc2ccccc21.C[NH2+]CCCN1c2ccccc2CCc2ccccc21.C[NH2+]CCCN1c2ccccc2CCc2ccccc21.[Cl-].[Cl-].[Cl-].[Cl-]. The van der Waals surface area contributed by atoms with Gasteiger partial charge in [0, 0.05) is 97.4 Å². The van der Waals surface area contributed by atoms with E-state index in [2.05, 4.69) is 263 Å². The molecular formula is C72H92Cl4N8. The summed E-state index contributed by atoms with van der Waals surface area (Å²) in [5.41, 5.74) is 23.0. The number of quaternary nitrogens is 4. The number of nitrogens with two attached hydrogens (primary N) is 4. The molecule has 0 spiro atoms. The normalized spacial score (nSPS) is 12.9. The fourth-order valence-corrected chi connectivity index (χ4v) is 12.3. The number of halogens is 4. The molecule has 0 fully saturated rings. The first-order valence-corrected chi connectivity index (χ1v) is 30.4. The summed E-state index contributed by atoms with van der Waals surface area (Å²) in [7, 11) is 8.57.